The summed E-state index contributed by atoms with van der Waals surface area (Å²) in [5, 5.41) is 3.85. The minimum absolute atomic E-state index is 0.175. The highest BCUT2D eigenvalue weighted by Crippen LogP contribution is 2.06. The van der Waals surface area contributed by atoms with Crippen molar-refractivity contribution < 1.29 is 9.32 Å². The Kier molecular flexibility index (Phi) is 4.81. The summed E-state index contributed by atoms with van der Waals surface area (Å²) in [6.07, 6.45) is 4.01. The van der Waals surface area contributed by atoms with E-state index in [-0.39, 0.29) is 23.7 Å². The molecule has 112 valence electrons. The van der Waals surface area contributed by atoms with E-state index in [1.807, 2.05) is 13.8 Å². The first kappa shape index (κ1) is 14.9. The fraction of sp³-hybridized carbons (Fsp3) is 0.462. The molecule has 0 aliphatic carbocycles. The summed E-state index contributed by atoms with van der Waals surface area (Å²) >= 11 is 0. The fourth-order valence-corrected chi connectivity index (χ4v) is 1.79. The monoisotopic (exact) mass is 291 g/mol. The molecule has 0 aliphatic rings. The number of aromatic amines is 1. The fourth-order valence-electron chi connectivity index (χ4n) is 1.79. The van der Waals surface area contributed by atoms with Crippen LogP contribution in [0.3, 0.4) is 0 Å². The Morgan fingerprint density at radius 1 is 1.43 bits per heavy atom. The molecule has 2 heterocycles. The number of hydrogen-bond donors (Lipinski definition) is 1. The topological polar surface area (TPSA) is 105 Å². The molecule has 2 aromatic heterocycles. The molecular weight excluding hydrogens is 274 g/mol. The van der Waals surface area contributed by atoms with Gasteiger partial charge in [-0.3, -0.25) is 9.59 Å². The predicted octanol–water partition coefficient (Wildman–Crippen LogP) is 0.768. The largest absolute Gasteiger partial charge is 0.339 e. The van der Waals surface area contributed by atoms with E-state index in [4.69, 9.17) is 4.52 Å². The first-order chi connectivity index (χ1) is 10.1. The maximum Gasteiger partial charge on any atom is 0.274 e. The van der Waals surface area contributed by atoms with Crippen LogP contribution in [-0.4, -0.2) is 37.5 Å². The lowest BCUT2D eigenvalue weighted by atomic mass is 10.3. The maximum absolute atomic E-state index is 12.3. The molecule has 8 heteroatoms. The standard InChI is InChI=1S/C13H17N5O3/c1-3-5-12-16-10(17-21-12)8-18(4-2)13(20)9-6-15-11(19)7-14-9/h6-7H,3-5,8H2,1-2H3,(H,15,19). The van der Waals surface area contributed by atoms with Crippen LogP contribution >= 0.6 is 0 Å². The van der Waals surface area contributed by atoms with E-state index in [1.165, 1.54) is 11.1 Å². The van der Waals surface area contributed by atoms with Gasteiger partial charge in [0, 0.05) is 19.2 Å². The Bertz CT molecular complexity index is 643. The number of aryl methyl sites for hydroxylation is 1. The second kappa shape index (κ2) is 6.78. The van der Waals surface area contributed by atoms with Gasteiger partial charge >= 0.3 is 0 Å². The van der Waals surface area contributed by atoms with E-state index in [2.05, 4.69) is 20.1 Å². The highest BCUT2D eigenvalue weighted by Gasteiger charge is 2.18. The zero-order valence-electron chi connectivity index (χ0n) is 12.0. The first-order valence-corrected chi connectivity index (χ1v) is 6.79. The molecule has 0 saturated carbocycles. The smallest absolute Gasteiger partial charge is 0.274 e. The lowest BCUT2D eigenvalue weighted by Gasteiger charge is -2.18. The zero-order chi connectivity index (χ0) is 15.2. The number of aromatic nitrogens is 4. The molecule has 0 spiro atoms. The van der Waals surface area contributed by atoms with Gasteiger partial charge in [-0.25, -0.2) is 4.98 Å². The van der Waals surface area contributed by atoms with Crippen molar-refractivity contribution in [2.75, 3.05) is 6.54 Å². The Balaban J connectivity index is 2.09. The van der Waals surface area contributed by atoms with Crippen molar-refractivity contribution in [2.24, 2.45) is 0 Å². The van der Waals surface area contributed by atoms with Gasteiger partial charge in [-0.05, 0) is 13.3 Å². The lowest BCUT2D eigenvalue weighted by Crippen LogP contribution is -2.32. The zero-order valence-corrected chi connectivity index (χ0v) is 12.0. The van der Waals surface area contributed by atoms with Crippen LogP contribution in [0.25, 0.3) is 0 Å². The predicted molar refractivity (Wildman–Crippen MR) is 73.6 cm³/mol. The second-order valence-electron chi connectivity index (χ2n) is 4.47. The normalized spacial score (nSPS) is 10.6. The van der Waals surface area contributed by atoms with Crippen LogP contribution in [0, 0.1) is 0 Å². The minimum atomic E-state index is -0.350. The first-order valence-electron chi connectivity index (χ1n) is 6.79. The van der Waals surface area contributed by atoms with E-state index in [0.717, 1.165) is 12.6 Å². The molecule has 0 aromatic carbocycles. The Morgan fingerprint density at radius 3 is 2.86 bits per heavy atom. The van der Waals surface area contributed by atoms with Crippen molar-refractivity contribution in [2.45, 2.75) is 33.2 Å². The third-order valence-electron chi connectivity index (χ3n) is 2.87. The third kappa shape index (κ3) is 3.74. The van der Waals surface area contributed by atoms with Crippen molar-refractivity contribution in [1.82, 2.24) is 25.0 Å². The Labute approximate surface area is 121 Å². The van der Waals surface area contributed by atoms with Crippen molar-refractivity contribution >= 4 is 5.91 Å². The Hall–Kier alpha value is -2.51. The van der Waals surface area contributed by atoms with Crippen LogP contribution in [0.15, 0.2) is 21.7 Å². The number of carbonyl (C=O) groups excluding carboxylic acids is 1. The number of nitrogens with one attached hydrogen (secondary N) is 1. The average molecular weight is 291 g/mol. The molecule has 2 aromatic rings. The summed E-state index contributed by atoms with van der Waals surface area (Å²) in [5.41, 5.74) is -0.175. The number of amides is 1. The van der Waals surface area contributed by atoms with Gasteiger partial charge in [0.15, 0.2) is 5.82 Å². The van der Waals surface area contributed by atoms with Gasteiger partial charge in [0.25, 0.3) is 11.5 Å². The quantitative estimate of drug-likeness (QED) is 0.842. The summed E-state index contributed by atoms with van der Waals surface area (Å²) in [6, 6.07) is 0. The van der Waals surface area contributed by atoms with Crippen molar-refractivity contribution in [1.29, 1.82) is 0 Å². The number of rotatable bonds is 6. The van der Waals surface area contributed by atoms with E-state index < -0.39 is 0 Å². The van der Waals surface area contributed by atoms with Gasteiger partial charge in [-0.15, -0.1) is 0 Å². The second-order valence-corrected chi connectivity index (χ2v) is 4.47. The maximum atomic E-state index is 12.3. The molecule has 0 unspecified atom stereocenters. The minimum Gasteiger partial charge on any atom is -0.339 e. The molecule has 8 nitrogen and oxygen atoms in total. The van der Waals surface area contributed by atoms with Crippen LogP contribution < -0.4 is 5.56 Å². The number of carbonyl (C=O) groups is 1. The molecular formula is C13H17N5O3. The van der Waals surface area contributed by atoms with Crippen LogP contribution in [0.2, 0.25) is 0 Å². The summed E-state index contributed by atoms with van der Waals surface area (Å²) in [6.45, 7) is 4.57. The van der Waals surface area contributed by atoms with Gasteiger partial charge in [-0.2, -0.15) is 4.98 Å². The van der Waals surface area contributed by atoms with E-state index in [9.17, 15) is 9.59 Å². The number of hydrogen-bond acceptors (Lipinski definition) is 6. The molecule has 21 heavy (non-hydrogen) atoms. The highest BCUT2D eigenvalue weighted by molar-refractivity contribution is 5.91. The molecule has 0 aliphatic heterocycles. The van der Waals surface area contributed by atoms with E-state index >= 15 is 0 Å². The molecule has 1 amide bonds. The van der Waals surface area contributed by atoms with Gasteiger partial charge in [-0.1, -0.05) is 12.1 Å². The van der Waals surface area contributed by atoms with Gasteiger partial charge in [0.1, 0.15) is 5.69 Å². The van der Waals surface area contributed by atoms with Crippen LogP contribution in [0.5, 0.6) is 0 Å². The molecule has 0 radical (unpaired) electrons. The SMILES string of the molecule is CCCc1nc(CN(CC)C(=O)c2c[nH]c(=O)cn2)no1. The van der Waals surface area contributed by atoms with Crippen molar-refractivity contribution in [3.8, 4) is 0 Å². The summed E-state index contributed by atoms with van der Waals surface area (Å²) in [4.78, 5) is 35.3. The van der Waals surface area contributed by atoms with Gasteiger partial charge in [0.2, 0.25) is 5.89 Å². The number of H-pyrrole nitrogens is 1. The molecule has 0 bridgehead atoms. The van der Waals surface area contributed by atoms with Gasteiger partial charge < -0.3 is 14.4 Å². The van der Waals surface area contributed by atoms with Crippen LogP contribution in [0.1, 0.15) is 42.5 Å². The Morgan fingerprint density at radius 2 is 2.24 bits per heavy atom. The van der Waals surface area contributed by atoms with E-state index in [1.54, 1.807) is 0 Å². The van der Waals surface area contributed by atoms with Crippen LogP contribution in [0.4, 0.5) is 0 Å². The number of nitrogens with zero attached hydrogens (tertiary/aromatic N) is 4. The summed E-state index contributed by atoms with van der Waals surface area (Å²) < 4.78 is 5.09. The molecule has 2 rings (SSSR count). The third-order valence-corrected chi connectivity index (χ3v) is 2.87. The molecule has 0 saturated heterocycles. The average Bonchev–Trinajstić information content (AvgIpc) is 2.92. The molecule has 0 atom stereocenters. The van der Waals surface area contributed by atoms with Crippen molar-refractivity contribution in [3.05, 3.63) is 40.2 Å². The highest BCUT2D eigenvalue weighted by atomic mass is 16.5. The van der Waals surface area contributed by atoms with Crippen molar-refractivity contribution in [3.63, 3.8) is 0 Å². The van der Waals surface area contributed by atoms with Crippen LogP contribution in [-0.2, 0) is 13.0 Å². The van der Waals surface area contributed by atoms with E-state index in [0.29, 0.717) is 24.7 Å². The summed E-state index contributed by atoms with van der Waals surface area (Å²) in [5.74, 6) is 0.729. The lowest BCUT2D eigenvalue weighted by molar-refractivity contribution is 0.0741. The molecule has 1 N–H and O–H groups in total. The molecule has 0 fully saturated rings. The van der Waals surface area contributed by atoms with Gasteiger partial charge in [0.05, 0.1) is 12.7 Å². The summed E-state index contributed by atoms with van der Waals surface area (Å²) in [7, 11) is 0.